The van der Waals surface area contributed by atoms with Gasteiger partial charge in [-0.15, -0.1) is 0 Å². The van der Waals surface area contributed by atoms with Crippen molar-refractivity contribution in [3.05, 3.63) is 60.1 Å². The van der Waals surface area contributed by atoms with E-state index in [-0.39, 0.29) is 23.7 Å². The molecule has 1 aliphatic rings. The van der Waals surface area contributed by atoms with Gasteiger partial charge in [-0.2, -0.15) is 4.98 Å². The molecule has 1 atom stereocenters. The lowest BCUT2D eigenvalue weighted by molar-refractivity contribution is -0.135. The number of amides is 2. The van der Waals surface area contributed by atoms with E-state index >= 15 is 0 Å². The molecule has 3 rings (SSSR count). The van der Waals surface area contributed by atoms with Gasteiger partial charge in [-0.05, 0) is 64.0 Å². The first-order valence-corrected chi connectivity index (χ1v) is 12.3. The average Bonchev–Trinajstić information content (AvgIpc) is 2.85. The van der Waals surface area contributed by atoms with Gasteiger partial charge in [-0.3, -0.25) is 9.59 Å². The molecule has 3 N–H and O–H groups in total. The Balaban J connectivity index is 1.47. The fourth-order valence-corrected chi connectivity index (χ4v) is 3.78. The topological polar surface area (TPSA) is 102 Å². The van der Waals surface area contributed by atoms with Crippen molar-refractivity contribution in [2.45, 2.75) is 31.8 Å². The highest BCUT2D eigenvalue weighted by Gasteiger charge is 2.31. The van der Waals surface area contributed by atoms with E-state index in [9.17, 15) is 14.0 Å². The van der Waals surface area contributed by atoms with E-state index in [1.54, 1.807) is 45.4 Å². The third-order valence-electron chi connectivity index (χ3n) is 6.26. The first kappa shape index (κ1) is 27.8. The first-order valence-electron chi connectivity index (χ1n) is 12.3. The van der Waals surface area contributed by atoms with Crippen molar-refractivity contribution >= 4 is 35.3 Å². The second kappa shape index (κ2) is 13.0. The van der Waals surface area contributed by atoms with Gasteiger partial charge in [0.1, 0.15) is 17.7 Å². The molecule has 1 aliphatic carbocycles. The van der Waals surface area contributed by atoms with Gasteiger partial charge in [0, 0.05) is 50.2 Å². The first-order chi connectivity index (χ1) is 17.7. The lowest BCUT2D eigenvalue weighted by Crippen LogP contribution is -2.51. The van der Waals surface area contributed by atoms with E-state index in [1.807, 2.05) is 25.1 Å². The van der Waals surface area contributed by atoms with Crippen molar-refractivity contribution in [2.24, 2.45) is 5.92 Å². The number of hydrogen-bond acceptors (Lipinski definition) is 7. The Morgan fingerprint density at radius 2 is 1.89 bits per heavy atom. The van der Waals surface area contributed by atoms with Crippen LogP contribution < -0.4 is 16.0 Å². The number of benzene rings is 1. The van der Waals surface area contributed by atoms with Crippen molar-refractivity contribution in [3.8, 4) is 0 Å². The Bertz CT molecular complexity index is 1130. The smallest absolute Gasteiger partial charge is 0.246 e. The van der Waals surface area contributed by atoms with Crippen molar-refractivity contribution in [3.63, 3.8) is 0 Å². The van der Waals surface area contributed by atoms with Crippen molar-refractivity contribution in [1.29, 1.82) is 0 Å². The van der Waals surface area contributed by atoms with Gasteiger partial charge >= 0.3 is 0 Å². The molecule has 0 spiro atoms. The summed E-state index contributed by atoms with van der Waals surface area (Å²) in [6.45, 7) is 2.40. The fraction of sp³-hybridized carbons (Fsp3) is 0.407. The molecule has 2 aromatic rings. The van der Waals surface area contributed by atoms with E-state index in [1.165, 1.54) is 23.1 Å². The van der Waals surface area contributed by atoms with E-state index in [2.05, 4.69) is 32.0 Å². The molecule has 2 amide bonds. The molecule has 198 valence electrons. The number of aromatic nitrogens is 2. The van der Waals surface area contributed by atoms with Crippen LogP contribution in [0.4, 0.5) is 21.8 Å². The highest BCUT2D eigenvalue weighted by Crippen LogP contribution is 2.30. The number of anilines is 3. The van der Waals surface area contributed by atoms with E-state index in [4.69, 9.17) is 0 Å². The molecule has 1 saturated carbocycles. The Hall–Kier alpha value is -3.79. The predicted molar refractivity (Wildman–Crippen MR) is 145 cm³/mol. The minimum Gasteiger partial charge on any atom is -0.372 e. The number of rotatable bonds is 11. The molecule has 37 heavy (non-hydrogen) atoms. The van der Waals surface area contributed by atoms with Crippen LogP contribution in [0.3, 0.4) is 0 Å². The van der Waals surface area contributed by atoms with Crippen LogP contribution in [0, 0.1) is 11.7 Å². The number of carbonyl (C=O) groups is 2. The van der Waals surface area contributed by atoms with Crippen LogP contribution >= 0.6 is 0 Å². The zero-order chi connectivity index (χ0) is 26.9. The normalized spacial score (nSPS) is 18.0. The van der Waals surface area contributed by atoms with Gasteiger partial charge in [-0.25, -0.2) is 9.37 Å². The molecule has 0 unspecified atom stereocenters. The number of nitrogens with zero attached hydrogens (tertiary/aromatic N) is 4. The maximum absolute atomic E-state index is 13.1. The average molecular weight is 510 g/mol. The summed E-state index contributed by atoms with van der Waals surface area (Å²) in [5.41, 5.74) is 1.54. The van der Waals surface area contributed by atoms with Gasteiger partial charge < -0.3 is 25.8 Å². The second-order valence-electron chi connectivity index (χ2n) is 9.47. The maximum Gasteiger partial charge on any atom is 0.246 e. The lowest BCUT2D eigenvalue weighted by Gasteiger charge is -2.35. The monoisotopic (exact) mass is 509 g/mol. The summed E-state index contributed by atoms with van der Waals surface area (Å²) in [5.74, 6) is 0.753. The fourth-order valence-electron chi connectivity index (χ4n) is 3.78. The molecule has 10 heteroatoms. The highest BCUT2D eigenvalue weighted by atomic mass is 19.1. The standard InChI is InChI=1S/C27H36FN7O2/c1-18(35(5)24(36)7-6-14-34(3)4)26(37)31-23-15-19(16-23)8-9-20-17-30-27(33-25(20)29-2)32-22-12-10-21(28)11-13-22/h6-13,17-19,23H,14-16H2,1-5H3,(H,31,37)(H2,29,30,32,33)/b7-6+,9-8-/t18-,19?,23?/m0/s1. The molecule has 0 bridgehead atoms. The van der Waals surface area contributed by atoms with Crippen molar-refractivity contribution in [1.82, 2.24) is 25.1 Å². The third kappa shape index (κ3) is 8.11. The van der Waals surface area contributed by atoms with Crippen LogP contribution in [-0.4, -0.2) is 78.4 Å². The Morgan fingerprint density at radius 1 is 1.19 bits per heavy atom. The Kier molecular flexibility index (Phi) is 9.73. The number of halogens is 1. The summed E-state index contributed by atoms with van der Waals surface area (Å²) in [7, 11) is 7.28. The van der Waals surface area contributed by atoms with Crippen molar-refractivity contribution < 1.29 is 14.0 Å². The van der Waals surface area contributed by atoms with Crippen LogP contribution in [0.1, 0.15) is 25.3 Å². The summed E-state index contributed by atoms with van der Waals surface area (Å²) < 4.78 is 13.1. The van der Waals surface area contributed by atoms with Crippen LogP contribution in [0.5, 0.6) is 0 Å². The number of hydrogen-bond donors (Lipinski definition) is 3. The summed E-state index contributed by atoms with van der Waals surface area (Å²) >= 11 is 0. The van der Waals surface area contributed by atoms with E-state index in [0.717, 1.165) is 18.4 Å². The van der Waals surface area contributed by atoms with Gasteiger partial charge in [-0.1, -0.05) is 18.2 Å². The van der Waals surface area contributed by atoms with Crippen LogP contribution in [0.15, 0.2) is 48.7 Å². The SMILES string of the molecule is CNc1nc(Nc2ccc(F)cc2)ncc1/C=C\C1CC(NC(=O)[C@H](C)N(C)C(=O)/C=C/CN(C)C)C1. The zero-order valence-electron chi connectivity index (χ0n) is 22.0. The van der Waals surface area contributed by atoms with Crippen LogP contribution in [0.25, 0.3) is 6.08 Å². The Morgan fingerprint density at radius 3 is 2.54 bits per heavy atom. The molecular weight excluding hydrogens is 473 g/mol. The molecule has 0 radical (unpaired) electrons. The summed E-state index contributed by atoms with van der Waals surface area (Å²) in [6.07, 6.45) is 10.7. The number of likely N-dealkylation sites (N-methyl/N-ethyl adjacent to an activating group) is 2. The lowest BCUT2D eigenvalue weighted by atomic mass is 9.79. The van der Waals surface area contributed by atoms with Gasteiger partial charge in [0.15, 0.2) is 0 Å². The molecule has 0 saturated heterocycles. The molecule has 0 aliphatic heterocycles. The van der Waals surface area contributed by atoms with E-state index in [0.29, 0.717) is 29.9 Å². The number of allylic oxidation sites excluding steroid dienone is 1. The Labute approximate surface area is 217 Å². The molecule has 9 nitrogen and oxygen atoms in total. The maximum atomic E-state index is 13.1. The zero-order valence-corrected chi connectivity index (χ0v) is 22.0. The largest absolute Gasteiger partial charge is 0.372 e. The molecule has 1 aromatic heterocycles. The summed E-state index contributed by atoms with van der Waals surface area (Å²) in [4.78, 5) is 37.2. The van der Waals surface area contributed by atoms with Crippen molar-refractivity contribution in [2.75, 3.05) is 45.4 Å². The number of nitrogens with one attached hydrogen (secondary N) is 3. The molecule has 1 heterocycles. The minimum absolute atomic E-state index is 0.0830. The quantitative estimate of drug-likeness (QED) is 0.400. The van der Waals surface area contributed by atoms with Crippen LogP contribution in [-0.2, 0) is 9.59 Å². The molecule has 1 fully saturated rings. The second-order valence-corrected chi connectivity index (χ2v) is 9.47. The van der Waals surface area contributed by atoms with E-state index < -0.39 is 6.04 Å². The van der Waals surface area contributed by atoms with Gasteiger partial charge in [0.05, 0.1) is 0 Å². The minimum atomic E-state index is -0.552. The molecular formula is C27H36FN7O2. The molecule has 1 aromatic carbocycles. The summed E-state index contributed by atoms with van der Waals surface area (Å²) in [6, 6.07) is 5.52. The predicted octanol–water partition coefficient (Wildman–Crippen LogP) is 3.27. The third-order valence-corrected chi connectivity index (χ3v) is 6.26. The summed E-state index contributed by atoms with van der Waals surface area (Å²) in [5, 5.41) is 9.18. The highest BCUT2D eigenvalue weighted by molar-refractivity contribution is 5.92. The number of carbonyl (C=O) groups excluding carboxylic acids is 2. The van der Waals surface area contributed by atoms with Gasteiger partial charge in [0.2, 0.25) is 17.8 Å². The van der Waals surface area contributed by atoms with Gasteiger partial charge in [0.25, 0.3) is 0 Å². The van der Waals surface area contributed by atoms with Crippen LogP contribution in [0.2, 0.25) is 0 Å².